The number of hydrogen-bond donors (Lipinski definition) is 1. The topological polar surface area (TPSA) is 79.4 Å². The highest BCUT2D eigenvalue weighted by atomic mass is 32.2. The number of carbonyl (C=O) groups is 1. The van der Waals surface area contributed by atoms with Crippen LogP contribution in [-0.4, -0.2) is 42.4 Å². The maximum absolute atomic E-state index is 14.4. The quantitative estimate of drug-likeness (QED) is 0.466. The number of nitrogens with zero attached hydrogens (tertiary/aromatic N) is 2. The number of amides is 1. The SMILES string of the molecule is O=C(NCc1cc(-c2ccc(C(F)(F)F)cn2)ccc1F)[C@@H]1C[C@@H](F)CN1S(=O)(=O)c1ccc(F)cc1. The second-order valence-corrected chi connectivity index (χ2v) is 10.2. The summed E-state index contributed by atoms with van der Waals surface area (Å²) in [6.07, 6.45) is -5.98. The van der Waals surface area contributed by atoms with Gasteiger partial charge in [0, 0.05) is 36.8 Å². The molecule has 1 fully saturated rings. The van der Waals surface area contributed by atoms with Crippen LogP contribution in [-0.2, 0) is 27.5 Å². The second-order valence-electron chi connectivity index (χ2n) is 8.33. The van der Waals surface area contributed by atoms with Crippen LogP contribution in [0.1, 0.15) is 17.5 Å². The maximum Gasteiger partial charge on any atom is 0.417 e. The number of carbonyl (C=O) groups excluding carboxylic acids is 1. The van der Waals surface area contributed by atoms with Crippen LogP contribution in [0.5, 0.6) is 0 Å². The Balaban J connectivity index is 1.50. The molecule has 1 amide bonds. The molecule has 2 aromatic carbocycles. The predicted molar refractivity (Wildman–Crippen MR) is 120 cm³/mol. The highest BCUT2D eigenvalue weighted by Gasteiger charge is 2.44. The second kappa shape index (κ2) is 10.1. The summed E-state index contributed by atoms with van der Waals surface area (Å²) >= 11 is 0. The van der Waals surface area contributed by atoms with Gasteiger partial charge in [-0.2, -0.15) is 17.5 Å². The van der Waals surface area contributed by atoms with Crippen molar-refractivity contribution in [2.24, 2.45) is 0 Å². The summed E-state index contributed by atoms with van der Waals surface area (Å²) in [7, 11) is -4.33. The van der Waals surface area contributed by atoms with E-state index >= 15 is 0 Å². The lowest BCUT2D eigenvalue weighted by molar-refractivity contribution is -0.137. The Morgan fingerprint density at radius 2 is 1.76 bits per heavy atom. The number of pyridine rings is 1. The number of benzene rings is 2. The third kappa shape index (κ3) is 5.77. The molecule has 37 heavy (non-hydrogen) atoms. The molecule has 2 heterocycles. The van der Waals surface area contributed by atoms with Crippen molar-refractivity contribution in [3.05, 3.63) is 83.6 Å². The molecule has 0 radical (unpaired) electrons. The summed E-state index contributed by atoms with van der Waals surface area (Å²) in [6, 6.07) is 8.01. The normalized spacial score (nSPS) is 18.6. The van der Waals surface area contributed by atoms with Crippen LogP contribution in [0, 0.1) is 11.6 Å². The summed E-state index contributed by atoms with van der Waals surface area (Å²) < 4.78 is 107. The zero-order chi connectivity index (χ0) is 27.0. The van der Waals surface area contributed by atoms with Gasteiger partial charge < -0.3 is 5.32 Å². The van der Waals surface area contributed by atoms with E-state index < -0.39 is 71.0 Å². The Morgan fingerprint density at radius 1 is 1.05 bits per heavy atom. The molecular formula is C24H19F6N3O3S. The Morgan fingerprint density at radius 3 is 2.38 bits per heavy atom. The van der Waals surface area contributed by atoms with Crippen LogP contribution in [0.3, 0.4) is 0 Å². The van der Waals surface area contributed by atoms with E-state index in [0.717, 1.165) is 42.5 Å². The van der Waals surface area contributed by atoms with Gasteiger partial charge in [0.15, 0.2) is 0 Å². The lowest BCUT2D eigenvalue weighted by Crippen LogP contribution is -2.45. The monoisotopic (exact) mass is 543 g/mol. The third-order valence-corrected chi connectivity index (χ3v) is 7.70. The molecule has 0 spiro atoms. The molecule has 1 aliphatic rings. The molecule has 1 aliphatic heterocycles. The van der Waals surface area contributed by atoms with E-state index in [1.165, 1.54) is 12.1 Å². The van der Waals surface area contributed by atoms with Gasteiger partial charge in [-0.3, -0.25) is 9.78 Å². The van der Waals surface area contributed by atoms with Gasteiger partial charge in [0.2, 0.25) is 15.9 Å². The maximum atomic E-state index is 14.4. The van der Waals surface area contributed by atoms with E-state index in [1.807, 2.05) is 0 Å². The molecule has 0 saturated carbocycles. The summed E-state index contributed by atoms with van der Waals surface area (Å²) in [5.74, 6) is -2.28. The number of alkyl halides is 4. The third-order valence-electron chi connectivity index (χ3n) is 5.81. The van der Waals surface area contributed by atoms with E-state index in [-0.39, 0.29) is 21.7 Å². The molecule has 0 unspecified atom stereocenters. The van der Waals surface area contributed by atoms with Crippen LogP contribution in [0.15, 0.2) is 65.7 Å². The molecule has 1 saturated heterocycles. The van der Waals surface area contributed by atoms with Gasteiger partial charge in [-0.15, -0.1) is 0 Å². The summed E-state index contributed by atoms with van der Waals surface area (Å²) in [4.78, 5) is 16.3. The first-order valence-electron chi connectivity index (χ1n) is 10.9. The molecule has 4 rings (SSSR count). The zero-order valence-corrected chi connectivity index (χ0v) is 19.7. The van der Waals surface area contributed by atoms with Crippen molar-refractivity contribution >= 4 is 15.9 Å². The van der Waals surface area contributed by atoms with Crippen LogP contribution < -0.4 is 5.32 Å². The smallest absolute Gasteiger partial charge is 0.351 e. The molecule has 2 atom stereocenters. The lowest BCUT2D eigenvalue weighted by atomic mass is 10.1. The van der Waals surface area contributed by atoms with Gasteiger partial charge in [0.1, 0.15) is 23.8 Å². The molecule has 3 aromatic rings. The fraction of sp³-hybridized carbons (Fsp3) is 0.250. The van der Waals surface area contributed by atoms with Crippen LogP contribution in [0.4, 0.5) is 26.3 Å². The van der Waals surface area contributed by atoms with Crippen molar-refractivity contribution < 1.29 is 39.6 Å². The van der Waals surface area contributed by atoms with Gasteiger partial charge in [-0.25, -0.2) is 21.6 Å². The molecule has 1 N–H and O–H groups in total. The number of aromatic nitrogens is 1. The number of hydrogen-bond acceptors (Lipinski definition) is 4. The van der Waals surface area contributed by atoms with E-state index in [4.69, 9.17) is 0 Å². The largest absolute Gasteiger partial charge is 0.417 e. The average molecular weight is 543 g/mol. The van der Waals surface area contributed by atoms with Crippen LogP contribution in [0.2, 0.25) is 0 Å². The standard InChI is InChI=1S/C24H19F6N3O3S/c25-17-3-5-19(6-4-17)37(35,36)33-13-18(26)10-22(33)23(34)32-11-15-9-14(1-7-20(15)27)21-8-2-16(12-31-21)24(28,29)30/h1-9,12,18,22H,10-11,13H2,(H,32,34)/t18-,22+/m1/s1. The Labute approximate surface area is 208 Å². The molecule has 0 aliphatic carbocycles. The summed E-state index contributed by atoms with van der Waals surface area (Å²) in [6.45, 7) is -0.988. The highest BCUT2D eigenvalue weighted by Crippen LogP contribution is 2.31. The molecule has 196 valence electrons. The Hall–Kier alpha value is -3.45. The minimum absolute atomic E-state index is 0.0460. The van der Waals surface area contributed by atoms with Crippen molar-refractivity contribution in [3.63, 3.8) is 0 Å². The zero-order valence-electron chi connectivity index (χ0n) is 18.8. The first-order valence-corrected chi connectivity index (χ1v) is 12.3. The number of nitrogens with one attached hydrogen (secondary N) is 1. The first kappa shape index (κ1) is 26.6. The number of halogens is 6. The van der Waals surface area contributed by atoms with Gasteiger partial charge in [0.25, 0.3) is 0 Å². The molecule has 1 aromatic heterocycles. The fourth-order valence-corrected chi connectivity index (χ4v) is 5.53. The minimum Gasteiger partial charge on any atom is -0.351 e. The van der Waals surface area contributed by atoms with Gasteiger partial charge in [-0.05, 0) is 54.6 Å². The van der Waals surface area contributed by atoms with Crippen LogP contribution >= 0.6 is 0 Å². The average Bonchev–Trinajstić information content (AvgIpc) is 3.26. The Kier molecular flexibility index (Phi) is 7.29. The van der Waals surface area contributed by atoms with Crippen LogP contribution in [0.25, 0.3) is 11.3 Å². The Bertz CT molecular complexity index is 1400. The van der Waals surface area contributed by atoms with Crippen molar-refractivity contribution in [1.29, 1.82) is 0 Å². The van der Waals surface area contributed by atoms with E-state index in [2.05, 4.69) is 10.3 Å². The van der Waals surface area contributed by atoms with Crippen molar-refractivity contribution in [1.82, 2.24) is 14.6 Å². The van der Waals surface area contributed by atoms with Crippen molar-refractivity contribution in [3.8, 4) is 11.3 Å². The van der Waals surface area contributed by atoms with Gasteiger partial charge in [0.05, 0.1) is 16.2 Å². The van der Waals surface area contributed by atoms with Crippen molar-refractivity contribution in [2.75, 3.05) is 6.54 Å². The van der Waals surface area contributed by atoms with E-state index in [1.54, 1.807) is 0 Å². The molecule has 0 bridgehead atoms. The number of sulfonamides is 1. The van der Waals surface area contributed by atoms with E-state index in [9.17, 15) is 39.6 Å². The fourth-order valence-electron chi connectivity index (χ4n) is 3.90. The first-order chi connectivity index (χ1) is 17.4. The molecule has 13 heteroatoms. The predicted octanol–water partition coefficient (Wildman–Crippen LogP) is 4.46. The van der Waals surface area contributed by atoms with E-state index in [0.29, 0.717) is 10.5 Å². The number of rotatable bonds is 6. The summed E-state index contributed by atoms with van der Waals surface area (Å²) in [5, 5.41) is 2.39. The minimum atomic E-state index is -4.57. The lowest BCUT2D eigenvalue weighted by Gasteiger charge is -2.23. The molecular weight excluding hydrogens is 524 g/mol. The highest BCUT2D eigenvalue weighted by molar-refractivity contribution is 7.89. The van der Waals surface area contributed by atoms with Crippen molar-refractivity contribution in [2.45, 2.75) is 36.3 Å². The van der Waals surface area contributed by atoms with Gasteiger partial charge >= 0.3 is 6.18 Å². The van der Waals surface area contributed by atoms with Gasteiger partial charge in [-0.1, -0.05) is 0 Å². The summed E-state index contributed by atoms with van der Waals surface area (Å²) in [5.41, 5.74) is -0.582. The molecule has 6 nitrogen and oxygen atoms in total.